The summed E-state index contributed by atoms with van der Waals surface area (Å²) in [7, 11) is 0. The highest BCUT2D eigenvalue weighted by molar-refractivity contribution is 5.83. The smallest absolute Gasteiger partial charge is 0.120 e. The van der Waals surface area contributed by atoms with E-state index >= 15 is 0 Å². The molecule has 0 bridgehead atoms. The van der Waals surface area contributed by atoms with Crippen LogP contribution in [0.1, 0.15) is 37.3 Å². The molecule has 1 aromatic heterocycles. The van der Waals surface area contributed by atoms with Gasteiger partial charge in [0.15, 0.2) is 0 Å². The number of hydrogen-bond donors (Lipinski definition) is 1. The van der Waals surface area contributed by atoms with Crippen molar-refractivity contribution in [2.24, 2.45) is 0 Å². The van der Waals surface area contributed by atoms with Gasteiger partial charge < -0.3 is 9.73 Å². The molecule has 2 atom stereocenters. The molecule has 3 rings (SSSR count). The summed E-state index contributed by atoms with van der Waals surface area (Å²) in [5.74, 6) is 0.970. The summed E-state index contributed by atoms with van der Waals surface area (Å²) in [5, 5.41) is 6.13. The second-order valence-electron chi connectivity index (χ2n) is 5.23. The molecule has 0 aliphatic heterocycles. The molecular formula is C18H19NO. The Bertz CT molecular complexity index is 687. The van der Waals surface area contributed by atoms with Crippen LogP contribution in [0, 0.1) is 0 Å². The standard InChI is InChI=1S/C18H19NO/c1-13(19-14(2)18-8-5-11-20-18)16-10-9-15-6-3-4-7-17(15)12-16/h3-14,19H,1-2H3/t13?,14-/m1/s1. The summed E-state index contributed by atoms with van der Waals surface area (Å²) in [5.41, 5.74) is 1.29. The average Bonchev–Trinajstić information content (AvgIpc) is 3.01. The lowest BCUT2D eigenvalue weighted by Crippen LogP contribution is -2.22. The molecule has 0 saturated heterocycles. The molecule has 102 valence electrons. The number of nitrogens with one attached hydrogen (secondary N) is 1. The van der Waals surface area contributed by atoms with Crippen LogP contribution in [-0.2, 0) is 0 Å². The SMILES string of the molecule is CC(N[C@H](C)c1ccco1)c1ccc2ccccc2c1. The minimum atomic E-state index is 0.200. The van der Waals surface area contributed by atoms with Gasteiger partial charge in [-0.25, -0.2) is 0 Å². The fourth-order valence-corrected chi connectivity index (χ4v) is 2.57. The highest BCUT2D eigenvalue weighted by atomic mass is 16.3. The minimum absolute atomic E-state index is 0.200. The van der Waals surface area contributed by atoms with Gasteiger partial charge in [-0.2, -0.15) is 0 Å². The van der Waals surface area contributed by atoms with Crippen molar-refractivity contribution < 1.29 is 4.42 Å². The van der Waals surface area contributed by atoms with Crippen molar-refractivity contribution in [3.63, 3.8) is 0 Å². The maximum absolute atomic E-state index is 5.44. The Hall–Kier alpha value is -2.06. The minimum Gasteiger partial charge on any atom is -0.468 e. The molecule has 0 aliphatic rings. The van der Waals surface area contributed by atoms with Crippen LogP contribution in [0.3, 0.4) is 0 Å². The van der Waals surface area contributed by atoms with Crippen molar-refractivity contribution >= 4 is 10.8 Å². The Labute approximate surface area is 119 Å². The number of furan rings is 1. The van der Waals surface area contributed by atoms with Gasteiger partial charge in [0.25, 0.3) is 0 Å². The maximum atomic E-state index is 5.44. The lowest BCUT2D eigenvalue weighted by atomic mass is 10.0. The molecule has 3 aromatic rings. The topological polar surface area (TPSA) is 25.2 Å². The average molecular weight is 265 g/mol. The van der Waals surface area contributed by atoms with Gasteiger partial charge in [0.1, 0.15) is 5.76 Å². The van der Waals surface area contributed by atoms with E-state index in [2.05, 4.69) is 61.6 Å². The zero-order valence-corrected chi connectivity index (χ0v) is 11.8. The van der Waals surface area contributed by atoms with E-state index in [1.54, 1.807) is 6.26 Å². The first-order valence-corrected chi connectivity index (χ1v) is 7.02. The summed E-state index contributed by atoms with van der Waals surface area (Å²) in [6, 6.07) is 19.5. The molecule has 1 unspecified atom stereocenters. The molecule has 20 heavy (non-hydrogen) atoms. The third kappa shape index (κ3) is 2.61. The molecule has 0 spiro atoms. The highest BCUT2D eigenvalue weighted by Crippen LogP contribution is 2.23. The molecule has 0 saturated carbocycles. The highest BCUT2D eigenvalue weighted by Gasteiger charge is 2.13. The van der Waals surface area contributed by atoms with Gasteiger partial charge in [-0.3, -0.25) is 0 Å². The van der Waals surface area contributed by atoms with E-state index in [1.807, 2.05) is 12.1 Å². The summed E-state index contributed by atoms with van der Waals surface area (Å²) in [4.78, 5) is 0. The van der Waals surface area contributed by atoms with Gasteiger partial charge in [0, 0.05) is 6.04 Å². The Kier molecular flexibility index (Phi) is 3.57. The molecule has 0 aliphatic carbocycles. The second kappa shape index (κ2) is 5.51. The van der Waals surface area contributed by atoms with Crippen molar-refractivity contribution in [1.29, 1.82) is 0 Å². The third-order valence-corrected chi connectivity index (χ3v) is 3.74. The van der Waals surface area contributed by atoms with Crippen LogP contribution in [-0.4, -0.2) is 0 Å². The van der Waals surface area contributed by atoms with E-state index in [0.29, 0.717) is 0 Å². The zero-order valence-electron chi connectivity index (χ0n) is 11.8. The second-order valence-corrected chi connectivity index (χ2v) is 5.23. The summed E-state index contributed by atoms with van der Waals surface area (Å²) >= 11 is 0. The summed E-state index contributed by atoms with van der Waals surface area (Å²) in [6.45, 7) is 4.31. The fraction of sp³-hybridized carbons (Fsp3) is 0.222. The number of rotatable bonds is 4. The molecule has 1 N–H and O–H groups in total. The first-order chi connectivity index (χ1) is 9.74. The monoisotopic (exact) mass is 265 g/mol. The molecular weight excluding hydrogens is 246 g/mol. The number of hydrogen-bond acceptors (Lipinski definition) is 2. The van der Waals surface area contributed by atoms with Crippen LogP contribution in [0.4, 0.5) is 0 Å². The van der Waals surface area contributed by atoms with Gasteiger partial charge in [-0.1, -0.05) is 36.4 Å². The first-order valence-electron chi connectivity index (χ1n) is 7.02. The van der Waals surface area contributed by atoms with Crippen LogP contribution in [0.15, 0.2) is 65.3 Å². The zero-order chi connectivity index (χ0) is 13.9. The van der Waals surface area contributed by atoms with Crippen LogP contribution < -0.4 is 5.32 Å². The van der Waals surface area contributed by atoms with E-state index in [4.69, 9.17) is 4.42 Å². The summed E-state index contributed by atoms with van der Waals surface area (Å²) in [6.07, 6.45) is 1.72. The molecule has 2 aromatic carbocycles. The summed E-state index contributed by atoms with van der Waals surface area (Å²) < 4.78 is 5.44. The van der Waals surface area contributed by atoms with E-state index in [0.717, 1.165) is 5.76 Å². The molecule has 2 nitrogen and oxygen atoms in total. The van der Waals surface area contributed by atoms with E-state index in [1.165, 1.54) is 16.3 Å². The van der Waals surface area contributed by atoms with Gasteiger partial charge in [0.2, 0.25) is 0 Å². The van der Waals surface area contributed by atoms with Crippen LogP contribution in [0.2, 0.25) is 0 Å². The van der Waals surface area contributed by atoms with Crippen molar-refractivity contribution in [3.8, 4) is 0 Å². The van der Waals surface area contributed by atoms with Crippen molar-refractivity contribution in [2.45, 2.75) is 25.9 Å². The van der Waals surface area contributed by atoms with E-state index in [9.17, 15) is 0 Å². The quantitative estimate of drug-likeness (QED) is 0.730. The van der Waals surface area contributed by atoms with Crippen molar-refractivity contribution in [2.75, 3.05) is 0 Å². The van der Waals surface area contributed by atoms with E-state index in [-0.39, 0.29) is 12.1 Å². The predicted molar refractivity (Wildman–Crippen MR) is 82.6 cm³/mol. The Balaban J connectivity index is 1.80. The molecule has 0 radical (unpaired) electrons. The van der Waals surface area contributed by atoms with Gasteiger partial charge >= 0.3 is 0 Å². The largest absolute Gasteiger partial charge is 0.468 e. The molecule has 2 heteroatoms. The van der Waals surface area contributed by atoms with Crippen LogP contribution >= 0.6 is 0 Å². The van der Waals surface area contributed by atoms with Gasteiger partial charge in [0.05, 0.1) is 12.3 Å². The molecule has 1 heterocycles. The molecule has 0 fully saturated rings. The van der Waals surface area contributed by atoms with E-state index < -0.39 is 0 Å². The number of benzene rings is 2. The van der Waals surface area contributed by atoms with Gasteiger partial charge in [-0.15, -0.1) is 0 Å². The maximum Gasteiger partial charge on any atom is 0.120 e. The normalized spacial score (nSPS) is 14.3. The predicted octanol–water partition coefficient (Wildman–Crippen LogP) is 4.84. The van der Waals surface area contributed by atoms with Crippen molar-refractivity contribution in [1.82, 2.24) is 5.32 Å². The van der Waals surface area contributed by atoms with Gasteiger partial charge in [-0.05, 0) is 48.4 Å². The van der Waals surface area contributed by atoms with Crippen LogP contribution in [0.5, 0.6) is 0 Å². The Morgan fingerprint density at radius 2 is 1.65 bits per heavy atom. The van der Waals surface area contributed by atoms with Crippen LogP contribution in [0.25, 0.3) is 10.8 Å². The first kappa shape index (κ1) is 12.9. The lowest BCUT2D eigenvalue weighted by molar-refractivity contribution is 0.403. The molecule has 0 amide bonds. The fourth-order valence-electron chi connectivity index (χ4n) is 2.57. The third-order valence-electron chi connectivity index (χ3n) is 3.74. The van der Waals surface area contributed by atoms with Crippen molar-refractivity contribution in [3.05, 3.63) is 72.2 Å². The Morgan fingerprint density at radius 3 is 2.40 bits per heavy atom. The lowest BCUT2D eigenvalue weighted by Gasteiger charge is -2.19. The number of fused-ring (bicyclic) bond motifs is 1. The Morgan fingerprint density at radius 1 is 0.850 bits per heavy atom.